The van der Waals surface area contributed by atoms with Gasteiger partial charge in [0.25, 0.3) is 0 Å². The number of rotatable bonds is 4. The molecule has 0 aliphatic heterocycles. The third kappa shape index (κ3) is 4.69. The van der Waals surface area contributed by atoms with E-state index in [1.54, 1.807) is 0 Å². The highest BCUT2D eigenvalue weighted by Gasteiger charge is 2.02. The summed E-state index contributed by atoms with van der Waals surface area (Å²) >= 11 is 10.1. The molecule has 0 fully saturated rings. The van der Waals surface area contributed by atoms with E-state index in [0.717, 1.165) is 5.56 Å². The fourth-order valence-electron chi connectivity index (χ4n) is 1.06. The molecule has 0 aliphatic rings. The molecule has 0 aromatic heterocycles. The summed E-state index contributed by atoms with van der Waals surface area (Å²) in [5.74, 6) is 0. The monoisotopic (exact) mass is 268 g/mol. The first-order chi connectivity index (χ1) is 8.27. The Hall–Kier alpha value is -1.82. The van der Waals surface area contributed by atoms with E-state index < -0.39 is 0 Å². The summed E-state index contributed by atoms with van der Waals surface area (Å²) in [7, 11) is 0. The van der Waals surface area contributed by atoms with Crippen LogP contribution >= 0.6 is 24.0 Å². The summed E-state index contributed by atoms with van der Waals surface area (Å²) in [5.41, 5.74) is 12.2. The highest BCUT2D eigenvalue weighted by molar-refractivity contribution is 7.80. The quantitative estimate of drug-likeness (QED) is 0.167. The van der Waals surface area contributed by atoms with Crippen molar-refractivity contribution in [2.24, 2.45) is 10.2 Å². The van der Waals surface area contributed by atoms with E-state index >= 15 is 0 Å². The van der Waals surface area contributed by atoms with Crippen LogP contribution in [-0.2, 0) is 0 Å². The van der Waals surface area contributed by atoms with Crippen LogP contribution in [0, 0.1) is 0 Å². The molecule has 2 N–H and O–H groups in total. The molecule has 17 heavy (non-hydrogen) atoms. The third-order valence-corrected chi connectivity index (χ3v) is 2.26. The number of hydrogen-bond donors (Lipinski definition) is 2. The molecular weight excluding hydrogens is 260 g/mol. The van der Waals surface area contributed by atoms with Gasteiger partial charge in [0, 0.05) is 16.7 Å². The Morgan fingerprint density at radius 2 is 2.12 bits per heavy atom. The van der Waals surface area contributed by atoms with Crippen LogP contribution in [0.15, 0.2) is 40.5 Å². The zero-order valence-corrected chi connectivity index (χ0v) is 10.2. The Kier molecular flexibility index (Phi) is 5.81. The highest BCUT2D eigenvalue weighted by Crippen LogP contribution is 2.01. The zero-order valence-electron chi connectivity index (χ0n) is 8.67. The minimum absolute atomic E-state index is 0.123. The zero-order chi connectivity index (χ0) is 12.5. The summed E-state index contributed by atoms with van der Waals surface area (Å²) in [6.45, 7) is 0.123. The van der Waals surface area contributed by atoms with Crippen LogP contribution in [0.25, 0.3) is 10.4 Å². The Labute approximate surface area is 108 Å². The summed E-state index contributed by atoms with van der Waals surface area (Å²) < 4.78 is 0. The van der Waals surface area contributed by atoms with Gasteiger partial charge in [-0.2, -0.15) is 5.10 Å². The molecule has 0 amide bonds. The summed E-state index contributed by atoms with van der Waals surface area (Å²) in [6.07, 6.45) is 0. The van der Waals surface area contributed by atoms with Crippen molar-refractivity contribution in [3.05, 3.63) is 46.3 Å². The summed E-state index contributed by atoms with van der Waals surface area (Å²) in [4.78, 5) is 4.90. The summed E-state index contributed by atoms with van der Waals surface area (Å²) in [6, 6.07) is 9.31. The molecule has 0 saturated heterocycles. The summed E-state index contributed by atoms with van der Waals surface area (Å²) in [5, 5.41) is 7.65. The molecule has 1 aromatic rings. The lowest BCUT2D eigenvalue weighted by Gasteiger charge is -2.05. The Balaban J connectivity index is 2.87. The molecule has 1 rings (SSSR count). The van der Waals surface area contributed by atoms with E-state index in [-0.39, 0.29) is 11.7 Å². The molecule has 0 atom stereocenters. The minimum atomic E-state index is 0.123. The molecule has 0 aliphatic carbocycles. The Bertz CT molecular complexity index is 454. The predicted octanol–water partition coefficient (Wildman–Crippen LogP) is 2.32. The minimum Gasteiger partial charge on any atom is -0.274 e. The predicted molar refractivity (Wildman–Crippen MR) is 71.7 cm³/mol. The second kappa shape index (κ2) is 7.45. The maximum absolute atomic E-state index is 8.31. The van der Waals surface area contributed by atoms with E-state index in [0.29, 0.717) is 5.71 Å². The average Bonchev–Trinajstić information content (AvgIpc) is 2.39. The lowest BCUT2D eigenvalue weighted by molar-refractivity contribution is 1.00. The lowest BCUT2D eigenvalue weighted by Crippen LogP contribution is -2.26. The van der Waals surface area contributed by atoms with Crippen LogP contribution in [0.4, 0.5) is 0 Å². The van der Waals surface area contributed by atoms with Gasteiger partial charge in [-0.1, -0.05) is 35.4 Å². The first-order valence-electron chi connectivity index (χ1n) is 4.57. The number of halogens is 1. The Morgan fingerprint density at radius 3 is 2.71 bits per heavy atom. The van der Waals surface area contributed by atoms with E-state index in [1.807, 2.05) is 30.3 Å². The molecule has 0 heterocycles. The number of nitrogens with one attached hydrogen (secondary N) is 2. The van der Waals surface area contributed by atoms with Crippen molar-refractivity contribution in [2.75, 3.05) is 6.54 Å². The van der Waals surface area contributed by atoms with Crippen LogP contribution < -0.4 is 10.3 Å². The molecular formula is C9H9ClN6S. The maximum Gasteiger partial charge on any atom is 0.201 e. The van der Waals surface area contributed by atoms with Gasteiger partial charge in [0.05, 0.1) is 12.3 Å². The van der Waals surface area contributed by atoms with Gasteiger partial charge in [-0.3, -0.25) is 10.3 Å². The molecule has 0 saturated carbocycles. The standard InChI is InChI=1S/C9H9ClN6S/c10-13-9(17)15-14-8(6-12-16-11)7-4-2-1-3-5-7/h1-5H,6H2,(H2,13,15,17)/b14-8-. The number of benzene rings is 1. The van der Waals surface area contributed by atoms with Crippen molar-refractivity contribution in [1.82, 2.24) is 10.3 Å². The van der Waals surface area contributed by atoms with Crippen LogP contribution in [0.3, 0.4) is 0 Å². The fraction of sp³-hybridized carbons (Fsp3) is 0.111. The first kappa shape index (κ1) is 13.2. The van der Waals surface area contributed by atoms with Gasteiger partial charge < -0.3 is 0 Å². The molecule has 8 heteroatoms. The van der Waals surface area contributed by atoms with Crippen molar-refractivity contribution >= 4 is 34.8 Å². The lowest BCUT2D eigenvalue weighted by atomic mass is 10.1. The molecule has 0 spiro atoms. The van der Waals surface area contributed by atoms with Crippen LogP contribution in [0.5, 0.6) is 0 Å². The van der Waals surface area contributed by atoms with Crippen molar-refractivity contribution in [3.8, 4) is 0 Å². The van der Waals surface area contributed by atoms with Gasteiger partial charge in [0.2, 0.25) is 5.11 Å². The van der Waals surface area contributed by atoms with Gasteiger partial charge in [0.15, 0.2) is 0 Å². The molecule has 0 bridgehead atoms. The number of azide groups is 1. The molecule has 1 aromatic carbocycles. The molecule has 88 valence electrons. The second-order valence-corrected chi connectivity index (χ2v) is 3.45. The van der Waals surface area contributed by atoms with Gasteiger partial charge >= 0.3 is 0 Å². The number of hydrazone groups is 1. The van der Waals surface area contributed by atoms with Gasteiger partial charge in [0.1, 0.15) is 0 Å². The normalized spacial score (nSPS) is 10.3. The smallest absolute Gasteiger partial charge is 0.201 e. The van der Waals surface area contributed by atoms with Crippen molar-refractivity contribution < 1.29 is 0 Å². The highest BCUT2D eigenvalue weighted by atomic mass is 35.5. The fourth-order valence-corrected chi connectivity index (χ4v) is 1.15. The van der Waals surface area contributed by atoms with E-state index in [2.05, 4.69) is 25.4 Å². The molecule has 6 nitrogen and oxygen atoms in total. The Morgan fingerprint density at radius 1 is 1.41 bits per heavy atom. The largest absolute Gasteiger partial charge is 0.274 e. The van der Waals surface area contributed by atoms with Crippen molar-refractivity contribution in [2.45, 2.75) is 0 Å². The third-order valence-electron chi connectivity index (χ3n) is 1.77. The maximum atomic E-state index is 8.31. The SMILES string of the molecule is [N-]=[N+]=NC/C(=N/NC(=S)NCl)c1ccccc1. The topological polar surface area (TPSA) is 85.2 Å². The van der Waals surface area contributed by atoms with Crippen LogP contribution in [-0.4, -0.2) is 17.4 Å². The van der Waals surface area contributed by atoms with E-state index in [4.69, 9.17) is 29.5 Å². The first-order valence-corrected chi connectivity index (χ1v) is 5.36. The van der Waals surface area contributed by atoms with Gasteiger partial charge in [-0.15, -0.1) is 0 Å². The molecule has 0 radical (unpaired) electrons. The van der Waals surface area contributed by atoms with Crippen LogP contribution in [0.2, 0.25) is 0 Å². The second-order valence-electron chi connectivity index (χ2n) is 2.85. The van der Waals surface area contributed by atoms with Gasteiger partial charge in [-0.05, 0) is 23.3 Å². The van der Waals surface area contributed by atoms with Crippen LogP contribution in [0.1, 0.15) is 5.56 Å². The van der Waals surface area contributed by atoms with Gasteiger partial charge in [-0.25, -0.2) is 0 Å². The van der Waals surface area contributed by atoms with E-state index in [1.165, 1.54) is 0 Å². The number of nitrogens with zero attached hydrogens (tertiary/aromatic N) is 4. The number of thiocarbonyl (C=S) groups is 1. The number of hydrogen-bond acceptors (Lipinski definition) is 3. The van der Waals surface area contributed by atoms with Crippen molar-refractivity contribution in [1.29, 1.82) is 0 Å². The average molecular weight is 269 g/mol. The molecule has 0 unspecified atom stereocenters. The van der Waals surface area contributed by atoms with Crippen molar-refractivity contribution in [3.63, 3.8) is 0 Å². The van der Waals surface area contributed by atoms with E-state index in [9.17, 15) is 0 Å².